The van der Waals surface area contributed by atoms with Crippen molar-refractivity contribution in [3.63, 3.8) is 0 Å². The van der Waals surface area contributed by atoms with Crippen molar-refractivity contribution in [2.24, 2.45) is 0 Å². The first-order valence-corrected chi connectivity index (χ1v) is 11.0. The minimum absolute atomic E-state index is 0.309. The number of rotatable bonds is 8. The highest BCUT2D eigenvalue weighted by Gasteiger charge is 2.17. The van der Waals surface area contributed by atoms with E-state index in [9.17, 15) is 8.42 Å². The number of ether oxygens (including phenoxy) is 1. The molecular weight excluding hydrogens is 372 g/mol. The van der Waals surface area contributed by atoms with Gasteiger partial charge < -0.3 is 10.1 Å². The second-order valence-corrected chi connectivity index (χ2v) is 9.07. The molecule has 0 unspecified atom stereocenters. The molecule has 0 radical (unpaired) electrons. The Hall–Kier alpha value is -1.68. The topological polar surface area (TPSA) is 83.6 Å². The van der Waals surface area contributed by atoms with Crippen molar-refractivity contribution >= 4 is 32.9 Å². The molecule has 26 heavy (non-hydrogen) atoms. The van der Waals surface area contributed by atoms with E-state index in [1.807, 2.05) is 19.1 Å². The van der Waals surface area contributed by atoms with Gasteiger partial charge in [-0.05, 0) is 30.7 Å². The number of sulfonamides is 1. The number of morpholine rings is 1. The molecule has 1 fully saturated rings. The summed E-state index contributed by atoms with van der Waals surface area (Å²) in [5.74, 6) is 0.315. The number of nitrogens with one attached hydrogen (secondary N) is 2. The molecule has 0 bridgehead atoms. The van der Waals surface area contributed by atoms with Crippen molar-refractivity contribution in [1.82, 2.24) is 9.88 Å². The standard InChI is InChI=1S/C17H24N4O3S2/c1-2-15-4-6-17(25-15)26(22,23)20-16-5-3-14(13-19-16)18-7-8-21-9-11-24-12-10-21/h3-6,13,18H,2,7-12H2,1H3,(H,19,20). The predicted molar refractivity (Wildman–Crippen MR) is 104 cm³/mol. The molecule has 0 spiro atoms. The van der Waals surface area contributed by atoms with Crippen molar-refractivity contribution in [2.75, 3.05) is 49.4 Å². The molecule has 3 rings (SSSR count). The van der Waals surface area contributed by atoms with Gasteiger partial charge in [0.2, 0.25) is 0 Å². The number of thiophene rings is 1. The van der Waals surface area contributed by atoms with E-state index in [2.05, 4.69) is 19.9 Å². The number of aromatic nitrogens is 1. The van der Waals surface area contributed by atoms with E-state index in [-0.39, 0.29) is 0 Å². The van der Waals surface area contributed by atoms with E-state index in [1.54, 1.807) is 18.3 Å². The lowest BCUT2D eigenvalue weighted by atomic mass is 10.3. The third-order valence-corrected chi connectivity index (χ3v) is 7.19. The Morgan fingerprint density at radius 2 is 2.04 bits per heavy atom. The first kappa shape index (κ1) is 19.1. The van der Waals surface area contributed by atoms with Crippen LogP contribution in [0.2, 0.25) is 0 Å². The molecule has 2 aromatic heterocycles. The van der Waals surface area contributed by atoms with E-state index in [0.29, 0.717) is 10.0 Å². The van der Waals surface area contributed by atoms with Crippen molar-refractivity contribution < 1.29 is 13.2 Å². The zero-order chi connectivity index (χ0) is 18.4. The fraction of sp³-hybridized carbons (Fsp3) is 0.471. The maximum absolute atomic E-state index is 12.4. The number of nitrogens with zero attached hydrogens (tertiary/aromatic N) is 2. The maximum atomic E-state index is 12.4. The molecule has 0 saturated carbocycles. The van der Waals surface area contributed by atoms with Gasteiger partial charge in [-0.25, -0.2) is 13.4 Å². The van der Waals surface area contributed by atoms with Crippen LogP contribution < -0.4 is 10.0 Å². The van der Waals surface area contributed by atoms with Gasteiger partial charge in [0.25, 0.3) is 10.0 Å². The molecule has 0 aromatic carbocycles. The molecular formula is C17H24N4O3S2. The molecule has 1 aliphatic rings. The second kappa shape index (κ2) is 8.81. The summed E-state index contributed by atoms with van der Waals surface area (Å²) in [6, 6.07) is 6.97. The zero-order valence-corrected chi connectivity index (χ0v) is 16.4. The highest BCUT2D eigenvalue weighted by Crippen LogP contribution is 2.24. The lowest BCUT2D eigenvalue weighted by Crippen LogP contribution is -2.39. The van der Waals surface area contributed by atoms with Crippen LogP contribution in [0.5, 0.6) is 0 Å². The van der Waals surface area contributed by atoms with Crippen molar-refractivity contribution in [1.29, 1.82) is 0 Å². The molecule has 142 valence electrons. The Bertz CT molecular complexity index is 800. The molecule has 2 N–H and O–H groups in total. The third-order valence-electron chi connectivity index (χ3n) is 4.11. The van der Waals surface area contributed by atoms with Crippen LogP contribution in [0.3, 0.4) is 0 Å². The van der Waals surface area contributed by atoms with Crippen LogP contribution in [-0.4, -0.2) is 57.7 Å². The maximum Gasteiger partial charge on any atom is 0.272 e. The fourth-order valence-electron chi connectivity index (χ4n) is 2.62. The van der Waals surface area contributed by atoms with E-state index in [1.165, 1.54) is 11.3 Å². The van der Waals surface area contributed by atoms with Gasteiger partial charge in [0.05, 0.1) is 25.1 Å². The minimum Gasteiger partial charge on any atom is -0.383 e. The van der Waals surface area contributed by atoms with Crippen LogP contribution in [0.1, 0.15) is 11.8 Å². The number of anilines is 2. The number of pyridine rings is 1. The Kier molecular flexibility index (Phi) is 6.47. The summed E-state index contributed by atoms with van der Waals surface area (Å²) >= 11 is 1.28. The van der Waals surface area contributed by atoms with Gasteiger partial charge in [0.1, 0.15) is 10.0 Å². The van der Waals surface area contributed by atoms with Gasteiger partial charge in [-0.1, -0.05) is 6.92 Å². The first-order chi connectivity index (χ1) is 12.6. The number of aryl methyl sites for hydroxylation is 1. The monoisotopic (exact) mass is 396 g/mol. The minimum atomic E-state index is -3.58. The number of hydrogen-bond donors (Lipinski definition) is 2. The van der Waals surface area contributed by atoms with Gasteiger partial charge in [-0.2, -0.15) is 0 Å². The third kappa shape index (κ3) is 5.16. The first-order valence-electron chi connectivity index (χ1n) is 8.68. The smallest absolute Gasteiger partial charge is 0.272 e. The van der Waals surface area contributed by atoms with Crippen LogP contribution in [0.15, 0.2) is 34.7 Å². The van der Waals surface area contributed by atoms with Gasteiger partial charge in [-0.15, -0.1) is 11.3 Å². The average molecular weight is 397 g/mol. The molecule has 0 atom stereocenters. The van der Waals surface area contributed by atoms with Crippen LogP contribution in [0, 0.1) is 0 Å². The highest BCUT2D eigenvalue weighted by molar-refractivity contribution is 7.94. The van der Waals surface area contributed by atoms with Crippen LogP contribution >= 0.6 is 11.3 Å². The van der Waals surface area contributed by atoms with Gasteiger partial charge in [0, 0.05) is 31.1 Å². The summed E-state index contributed by atoms with van der Waals surface area (Å²) < 4.78 is 32.9. The van der Waals surface area contributed by atoms with E-state index >= 15 is 0 Å². The summed E-state index contributed by atoms with van der Waals surface area (Å²) in [7, 11) is -3.58. The van der Waals surface area contributed by atoms with E-state index < -0.39 is 10.0 Å². The molecule has 2 aromatic rings. The van der Waals surface area contributed by atoms with E-state index in [4.69, 9.17) is 4.74 Å². The Balaban J connectivity index is 1.52. The highest BCUT2D eigenvalue weighted by atomic mass is 32.2. The summed E-state index contributed by atoms with van der Waals surface area (Å²) in [5.41, 5.74) is 0.866. The van der Waals surface area contributed by atoms with E-state index in [0.717, 1.165) is 56.4 Å². The summed E-state index contributed by atoms with van der Waals surface area (Å²) in [6.45, 7) is 7.26. The second-order valence-electron chi connectivity index (χ2n) is 5.99. The molecule has 0 aliphatic carbocycles. The number of hydrogen-bond acceptors (Lipinski definition) is 7. The molecule has 0 amide bonds. The summed E-state index contributed by atoms with van der Waals surface area (Å²) in [6.07, 6.45) is 2.46. The molecule has 1 aliphatic heterocycles. The average Bonchev–Trinajstić information content (AvgIpc) is 3.14. The van der Waals surface area contributed by atoms with Gasteiger partial charge in [0.15, 0.2) is 0 Å². The van der Waals surface area contributed by atoms with Crippen LogP contribution in [0.25, 0.3) is 0 Å². The van der Waals surface area contributed by atoms with Crippen molar-refractivity contribution in [2.45, 2.75) is 17.6 Å². The van der Waals surface area contributed by atoms with Crippen molar-refractivity contribution in [3.8, 4) is 0 Å². The lowest BCUT2D eigenvalue weighted by molar-refractivity contribution is 0.0398. The SMILES string of the molecule is CCc1ccc(S(=O)(=O)Nc2ccc(NCCN3CCOCC3)cn2)s1. The Morgan fingerprint density at radius 3 is 2.69 bits per heavy atom. The van der Waals surface area contributed by atoms with Gasteiger partial charge in [-0.3, -0.25) is 9.62 Å². The largest absolute Gasteiger partial charge is 0.383 e. The molecule has 3 heterocycles. The predicted octanol–water partition coefficient (Wildman–Crippen LogP) is 2.25. The fourth-order valence-corrected chi connectivity index (χ4v) is 4.93. The Morgan fingerprint density at radius 1 is 1.23 bits per heavy atom. The van der Waals surface area contributed by atoms with Crippen LogP contribution in [0.4, 0.5) is 11.5 Å². The molecule has 7 nitrogen and oxygen atoms in total. The lowest BCUT2D eigenvalue weighted by Gasteiger charge is -2.26. The van der Waals surface area contributed by atoms with Crippen molar-refractivity contribution in [3.05, 3.63) is 35.3 Å². The summed E-state index contributed by atoms with van der Waals surface area (Å²) in [5, 5.41) is 3.30. The molecule has 1 saturated heterocycles. The zero-order valence-electron chi connectivity index (χ0n) is 14.8. The van der Waals surface area contributed by atoms with Gasteiger partial charge >= 0.3 is 0 Å². The summed E-state index contributed by atoms with van der Waals surface area (Å²) in [4.78, 5) is 7.59. The molecule has 9 heteroatoms. The normalized spacial score (nSPS) is 15.7. The quantitative estimate of drug-likeness (QED) is 0.712. The van der Waals surface area contributed by atoms with Crippen LogP contribution in [-0.2, 0) is 21.2 Å². The Labute approximate surface area is 158 Å².